The molecule has 1 atom stereocenters. The standard InChI is InChI=1S/C18H21NO2S/c1-13-6-3-4-9-17(13)19-18(21)14(2)22-12-16-8-5-7-15(10-16)11-20/h3-10,14,20H,11-12H2,1-2H3,(H,19,21). The Kier molecular flexibility index (Phi) is 6.04. The van der Waals surface area contributed by atoms with Gasteiger partial charge in [0.2, 0.25) is 5.91 Å². The second-order valence-corrected chi connectivity index (χ2v) is 6.56. The van der Waals surface area contributed by atoms with Crippen molar-refractivity contribution in [2.45, 2.75) is 31.5 Å². The van der Waals surface area contributed by atoms with Crippen molar-refractivity contribution < 1.29 is 9.90 Å². The van der Waals surface area contributed by atoms with Crippen LogP contribution in [0.2, 0.25) is 0 Å². The Balaban J connectivity index is 1.90. The van der Waals surface area contributed by atoms with Crippen LogP contribution in [-0.4, -0.2) is 16.3 Å². The van der Waals surface area contributed by atoms with Crippen LogP contribution < -0.4 is 5.32 Å². The molecule has 1 amide bonds. The van der Waals surface area contributed by atoms with Crippen molar-refractivity contribution in [3.8, 4) is 0 Å². The number of para-hydroxylation sites is 1. The van der Waals surface area contributed by atoms with Gasteiger partial charge >= 0.3 is 0 Å². The average molecular weight is 315 g/mol. The summed E-state index contributed by atoms with van der Waals surface area (Å²) in [6.45, 7) is 3.93. The van der Waals surface area contributed by atoms with Crippen molar-refractivity contribution in [2.75, 3.05) is 5.32 Å². The van der Waals surface area contributed by atoms with Crippen LogP contribution in [0.15, 0.2) is 48.5 Å². The molecule has 1 unspecified atom stereocenters. The van der Waals surface area contributed by atoms with Gasteiger partial charge in [0.25, 0.3) is 0 Å². The number of hydrogen-bond donors (Lipinski definition) is 2. The Morgan fingerprint density at radius 3 is 2.64 bits per heavy atom. The summed E-state index contributed by atoms with van der Waals surface area (Å²) >= 11 is 1.59. The molecule has 2 rings (SSSR count). The summed E-state index contributed by atoms with van der Waals surface area (Å²) in [6.07, 6.45) is 0. The highest BCUT2D eigenvalue weighted by molar-refractivity contribution is 7.99. The molecule has 0 fully saturated rings. The first kappa shape index (κ1) is 16.6. The van der Waals surface area contributed by atoms with E-state index in [-0.39, 0.29) is 17.8 Å². The van der Waals surface area contributed by atoms with E-state index in [0.717, 1.165) is 28.1 Å². The zero-order valence-electron chi connectivity index (χ0n) is 12.9. The molecule has 0 aromatic heterocycles. The molecular weight excluding hydrogens is 294 g/mol. The first-order valence-corrected chi connectivity index (χ1v) is 8.32. The van der Waals surface area contributed by atoms with Gasteiger partial charge in [0.1, 0.15) is 0 Å². The molecule has 0 saturated carbocycles. The maximum atomic E-state index is 12.2. The molecule has 0 aliphatic rings. The van der Waals surface area contributed by atoms with E-state index < -0.39 is 0 Å². The highest BCUT2D eigenvalue weighted by Crippen LogP contribution is 2.21. The zero-order chi connectivity index (χ0) is 15.9. The van der Waals surface area contributed by atoms with Gasteiger partial charge < -0.3 is 10.4 Å². The molecule has 2 N–H and O–H groups in total. The molecular formula is C18H21NO2S. The van der Waals surface area contributed by atoms with Gasteiger partial charge in [-0.2, -0.15) is 0 Å². The summed E-state index contributed by atoms with van der Waals surface area (Å²) in [6, 6.07) is 15.6. The number of rotatable bonds is 6. The molecule has 0 aliphatic carbocycles. The van der Waals surface area contributed by atoms with Gasteiger partial charge in [-0.05, 0) is 36.6 Å². The number of carbonyl (C=O) groups excluding carboxylic acids is 1. The van der Waals surface area contributed by atoms with Crippen LogP contribution in [0.25, 0.3) is 0 Å². The summed E-state index contributed by atoms with van der Waals surface area (Å²) in [5.41, 5.74) is 3.94. The number of aliphatic hydroxyl groups excluding tert-OH is 1. The number of thioether (sulfide) groups is 1. The van der Waals surface area contributed by atoms with E-state index in [9.17, 15) is 4.79 Å². The van der Waals surface area contributed by atoms with Gasteiger partial charge in [0, 0.05) is 11.4 Å². The van der Waals surface area contributed by atoms with Crippen molar-refractivity contribution in [1.29, 1.82) is 0 Å². The molecule has 4 heteroatoms. The Hall–Kier alpha value is -1.78. The number of carbonyl (C=O) groups is 1. The van der Waals surface area contributed by atoms with Crippen LogP contribution in [0.1, 0.15) is 23.6 Å². The van der Waals surface area contributed by atoms with Crippen LogP contribution in [0, 0.1) is 6.92 Å². The van der Waals surface area contributed by atoms with E-state index in [1.54, 1.807) is 11.8 Å². The minimum absolute atomic E-state index is 0.0117. The zero-order valence-corrected chi connectivity index (χ0v) is 13.7. The van der Waals surface area contributed by atoms with Crippen molar-refractivity contribution in [3.63, 3.8) is 0 Å². The second-order valence-electron chi connectivity index (χ2n) is 5.24. The largest absolute Gasteiger partial charge is 0.392 e. The van der Waals surface area contributed by atoms with Crippen LogP contribution in [-0.2, 0) is 17.2 Å². The minimum atomic E-state index is -0.141. The number of amides is 1. The van der Waals surface area contributed by atoms with E-state index in [2.05, 4.69) is 5.32 Å². The third-order valence-corrected chi connectivity index (χ3v) is 4.66. The lowest BCUT2D eigenvalue weighted by molar-refractivity contribution is -0.115. The summed E-state index contributed by atoms with van der Waals surface area (Å²) in [7, 11) is 0. The SMILES string of the molecule is Cc1ccccc1NC(=O)C(C)SCc1cccc(CO)c1. The maximum absolute atomic E-state index is 12.2. The number of benzene rings is 2. The number of aliphatic hydroxyl groups is 1. The first-order valence-electron chi connectivity index (χ1n) is 7.27. The second kappa shape index (κ2) is 8.01. The predicted molar refractivity (Wildman–Crippen MR) is 92.9 cm³/mol. The molecule has 0 bridgehead atoms. The molecule has 22 heavy (non-hydrogen) atoms. The Morgan fingerprint density at radius 2 is 1.91 bits per heavy atom. The van der Waals surface area contributed by atoms with E-state index >= 15 is 0 Å². The lowest BCUT2D eigenvalue weighted by atomic mass is 10.1. The van der Waals surface area contributed by atoms with Crippen molar-refractivity contribution in [3.05, 3.63) is 65.2 Å². The Bertz CT molecular complexity index is 642. The molecule has 0 heterocycles. The predicted octanol–water partition coefficient (Wildman–Crippen LogP) is 3.75. The first-order chi connectivity index (χ1) is 10.6. The van der Waals surface area contributed by atoms with Crippen LogP contribution in [0.3, 0.4) is 0 Å². The lowest BCUT2D eigenvalue weighted by Gasteiger charge is -2.13. The topological polar surface area (TPSA) is 49.3 Å². The third kappa shape index (κ3) is 4.61. The summed E-state index contributed by atoms with van der Waals surface area (Å²) < 4.78 is 0. The van der Waals surface area contributed by atoms with Crippen molar-refractivity contribution in [1.82, 2.24) is 0 Å². The maximum Gasteiger partial charge on any atom is 0.237 e. The fourth-order valence-corrected chi connectivity index (χ4v) is 2.89. The average Bonchev–Trinajstić information content (AvgIpc) is 2.54. The van der Waals surface area contributed by atoms with Crippen LogP contribution in [0.5, 0.6) is 0 Å². The van der Waals surface area contributed by atoms with E-state index in [1.165, 1.54) is 0 Å². The van der Waals surface area contributed by atoms with Gasteiger partial charge in [-0.25, -0.2) is 0 Å². The lowest BCUT2D eigenvalue weighted by Crippen LogP contribution is -2.23. The monoisotopic (exact) mass is 315 g/mol. The third-order valence-electron chi connectivity index (χ3n) is 3.45. The van der Waals surface area contributed by atoms with Gasteiger partial charge in [-0.1, -0.05) is 42.5 Å². The van der Waals surface area contributed by atoms with Crippen LogP contribution >= 0.6 is 11.8 Å². The molecule has 2 aromatic carbocycles. The molecule has 2 aromatic rings. The number of nitrogens with one attached hydrogen (secondary N) is 1. The van der Waals surface area contributed by atoms with Gasteiger partial charge in [0.15, 0.2) is 0 Å². The summed E-state index contributed by atoms with van der Waals surface area (Å²) in [4.78, 5) is 12.2. The number of hydrogen-bond acceptors (Lipinski definition) is 3. The highest BCUT2D eigenvalue weighted by Gasteiger charge is 2.14. The van der Waals surface area contributed by atoms with E-state index in [1.807, 2.05) is 62.4 Å². The normalized spacial score (nSPS) is 12.0. The fraction of sp³-hybridized carbons (Fsp3) is 0.278. The summed E-state index contributed by atoms with van der Waals surface area (Å²) in [5.74, 6) is 0.758. The van der Waals surface area contributed by atoms with E-state index in [0.29, 0.717) is 0 Å². The van der Waals surface area contributed by atoms with Gasteiger partial charge in [-0.15, -0.1) is 11.8 Å². The summed E-state index contributed by atoms with van der Waals surface area (Å²) in [5, 5.41) is 12.0. The molecule has 116 valence electrons. The number of aryl methyl sites for hydroxylation is 1. The number of anilines is 1. The van der Waals surface area contributed by atoms with Crippen molar-refractivity contribution in [2.24, 2.45) is 0 Å². The molecule has 0 radical (unpaired) electrons. The van der Waals surface area contributed by atoms with Crippen LogP contribution in [0.4, 0.5) is 5.69 Å². The minimum Gasteiger partial charge on any atom is -0.392 e. The fourth-order valence-electron chi connectivity index (χ4n) is 2.06. The quantitative estimate of drug-likeness (QED) is 0.853. The van der Waals surface area contributed by atoms with Gasteiger partial charge in [0.05, 0.1) is 11.9 Å². The van der Waals surface area contributed by atoms with E-state index in [4.69, 9.17) is 5.11 Å². The highest BCUT2D eigenvalue weighted by atomic mass is 32.2. The Labute approximate surface area is 135 Å². The molecule has 0 spiro atoms. The van der Waals surface area contributed by atoms with Crippen molar-refractivity contribution >= 4 is 23.4 Å². The Morgan fingerprint density at radius 1 is 1.18 bits per heavy atom. The molecule has 3 nitrogen and oxygen atoms in total. The molecule has 0 aliphatic heterocycles. The smallest absolute Gasteiger partial charge is 0.237 e. The molecule has 0 saturated heterocycles. The van der Waals surface area contributed by atoms with Gasteiger partial charge in [-0.3, -0.25) is 4.79 Å².